The number of ether oxygens (including phenoxy) is 2. The fraction of sp³-hybridized carbons (Fsp3) is 0.176. The molecule has 2 rings (SSSR count). The molecule has 2 aromatic rings. The number of nitro groups is 1. The molecule has 120 valence electrons. The van der Waals surface area contributed by atoms with E-state index in [1.54, 1.807) is 12.1 Å². The van der Waals surface area contributed by atoms with Gasteiger partial charge in [-0.3, -0.25) is 10.1 Å². The Morgan fingerprint density at radius 3 is 2.52 bits per heavy atom. The van der Waals surface area contributed by atoms with Crippen LogP contribution in [0, 0.1) is 10.1 Å². The van der Waals surface area contributed by atoms with E-state index in [4.69, 9.17) is 9.47 Å². The maximum atomic E-state index is 10.5. The number of hydrogen-bond donors (Lipinski definition) is 0. The highest BCUT2D eigenvalue weighted by Crippen LogP contribution is 2.35. The van der Waals surface area contributed by atoms with Gasteiger partial charge in [-0.05, 0) is 30.2 Å². The SMILES string of the molecule is CCOc1cc(/C=C/[N+](=O)[O-])c(Br)cc1OCc1ccccc1. The van der Waals surface area contributed by atoms with Crippen LogP contribution in [0.2, 0.25) is 0 Å². The van der Waals surface area contributed by atoms with Crippen LogP contribution >= 0.6 is 15.9 Å². The molecule has 0 N–H and O–H groups in total. The summed E-state index contributed by atoms with van der Waals surface area (Å²) in [6, 6.07) is 13.3. The third-order valence-electron chi connectivity index (χ3n) is 2.98. The van der Waals surface area contributed by atoms with Crippen LogP contribution in [0.15, 0.2) is 53.1 Å². The molecule has 0 spiro atoms. The Morgan fingerprint density at radius 1 is 1.17 bits per heavy atom. The van der Waals surface area contributed by atoms with Crippen LogP contribution in [0.3, 0.4) is 0 Å². The van der Waals surface area contributed by atoms with E-state index in [0.29, 0.717) is 34.7 Å². The zero-order chi connectivity index (χ0) is 16.7. The Balaban J connectivity index is 2.24. The number of nitrogens with zero attached hydrogens (tertiary/aromatic N) is 1. The fourth-order valence-electron chi connectivity index (χ4n) is 1.94. The molecule has 0 atom stereocenters. The highest BCUT2D eigenvalue weighted by Gasteiger charge is 2.10. The zero-order valence-corrected chi connectivity index (χ0v) is 14.2. The molecule has 6 heteroatoms. The molecule has 0 bridgehead atoms. The van der Waals surface area contributed by atoms with Crippen LogP contribution in [0.1, 0.15) is 18.1 Å². The van der Waals surface area contributed by atoms with Gasteiger partial charge in [0, 0.05) is 10.5 Å². The summed E-state index contributed by atoms with van der Waals surface area (Å²) in [7, 11) is 0. The summed E-state index contributed by atoms with van der Waals surface area (Å²) in [6.45, 7) is 2.76. The van der Waals surface area contributed by atoms with Crippen molar-refractivity contribution in [2.75, 3.05) is 6.61 Å². The van der Waals surface area contributed by atoms with E-state index in [9.17, 15) is 10.1 Å². The summed E-state index contributed by atoms with van der Waals surface area (Å²) < 4.78 is 12.1. The van der Waals surface area contributed by atoms with Gasteiger partial charge < -0.3 is 9.47 Å². The van der Waals surface area contributed by atoms with Crippen LogP contribution < -0.4 is 9.47 Å². The van der Waals surface area contributed by atoms with Crippen molar-refractivity contribution in [2.24, 2.45) is 0 Å². The van der Waals surface area contributed by atoms with Gasteiger partial charge in [0.2, 0.25) is 6.20 Å². The molecule has 0 fully saturated rings. The molecule has 0 aliphatic rings. The van der Waals surface area contributed by atoms with Crippen molar-refractivity contribution in [1.29, 1.82) is 0 Å². The maximum absolute atomic E-state index is 10.5. The Labute approximate surface area is 142 Å². The summed E-state index contributed by atoms with van der Waals surface area (Å²) in [5.41, 5.74) is 1.70. The first-order valence-electron chi connectivity index (χ1n) is 7.05. The van der Waals surface area contributed by atoms with Crippen LogP contribution in [0.5, 0.6) is 11.5 Å². The van der Waals surface area contributed by atoms with Gasteiger partial charge >= 0.3 is 0 Å². The Morgan fingerprint density at radius 2 is 1.87 bits per heavy atom. The molecule has 0 saturated heterocycles. The number of halogens is 1. The van der Waals surface area contributed by atoms with Gasteiger partial charge in [0.25, 0.3) is 0 Å². The van der Waals surface area contributed by atoms with E-state index in [2.05, 4.69) is 15.9 Å². The van der Waals surface area contributed by atoms with Gasteiger partial charge in [-0.1, -0.05) is 46.3 Å². The summed E-state index contributed by atoms with van der Waals surface area (Å²) in [5.74, 6) is 1.13. The molecule has 5 nitrogen and oxygen atoms in total. The van der Waals surface area contributed by atoms with E-state index in [0.717, 1.165) is 11.8 Å². The molecule has 23 heavy (non-hydrogen) atoms. The summed E-state index contributed by atoms with van der Waals surface area (Å²) in [6.07, 6.45) is 2.30. The topological polar surface area (TPSA) is 61.6 Å². The van der Waals surface area contributed by atoms with E-state index in [1.165, 1.54) is 6.08 Å². The Hall–Kier alpha value is -2.34. The molecule has 0 unspecified atom stereocenters. The third kappa shape index (κ3) is 5.10. The molecule has 2 aromatic carbocycles. The maximum Gasteiger partial charge on any atom is 0.235 e. The molecule has 0 saturated carbocycles. The van der Waals surface area contributed by atoms with Crippen LogP contribution in [0.4, 0.5) is 0 Å². The van der Waals surface area contributed by atoms with E-state index in [1.807, 2.05) is 37.3 Å². The van der Waals surface area contributed by atoms with Crippen LogP contribution in [0.25, 0.3) is 6.08 Å². The molecular weight excluding hydrogens is 362 g/mol. The molecule has 0 heterocycles. The highest BCUT2D eigenvalue weighted by molar-refractivity contribution is 9.10. The van der Waals surface area contributed by atoms with Gasteiger partial charge in [0.1, 0.15) is 6.61 Å². The first kappa shape index (κ1) is 17.0. The average Bonchev–Trinajstić information content (AvgIpc) is 2.54. The first-order chi connectivity index (χ1) is 11.1. The molecule has 0 aromatic heterocycles. The molecule has 0 aliphatic carbocycles. The normalized spacial score (nSPS) is 10.7. The lowest BCUT2D eigenvalue weighted by atomic mass is 10.2. The summed E-state index contributed by atoms with van der Waals surface area (Å²) in [4.78, 5) is 9.96. The Kier molecular flexibility index (Phi) is 6.17. The van der Waals surface area contributed by atoms with Crippen molar-refractivity contribution in [1.82, 2.24) is 0 Å². The van der Waals surface area contributed by atoms with Crippen molar-refractivity contribution in [3.05, 3.63) is 74.4 Å². The van der Waals surface area contributed by atoms with E-state index >= 15 is 0 Å². The van der Waals surface area contributed by atoms with Gasteiger partial charge in [-0.2, -0.15) is 0 Å². The molecule has 0 amide bonds. The minimum Gasteiger partial charge on any atom is -0.490 e. The third-order valence-corrected chi connectivity index (χ3v) is 3.66. The largest absolute Gasteiger partial charge is 0.490 e. The minimum absolute atomic E-state index is 0.414. The van der Waals surface area contributed by atoms with Gasteiger partial charge in [-0.25, -0.2) is 0 Å². The van der Waals surface area contributed by atoms with Crippen LogP contribution in [-0.4, -0.2) is 11.5 Å². The average molecular weight is 378 g/mol. The predicted octanol–water partition coefficient (Wildman–Crippen LogP) is 4.67. The first-order valence-corrected chi connectivity index (χ1v) is 7.84. The van der Waals surface area contributed by atoms with Crippen molar-refractivity contribution in [3.8, 4) is 11.5 Å². The van der Waals surface area contributed by atoms with E-state index < -0.39 is 4.92 Å². The fourth-order valence-corrected chi connectivity index (χ4v) is 2.39. The standard InChI is InChI=1S/C17H16BrNO4/c1-2-22-16-10-14(8-9-19(20)21)15(18)11-17(16)23-12-13-6-4-3-5-7-13/h3-11H,2,12H2,1H3/b9-8+. The number of hydrogen-bond acceptors (Lipinski definition) is 4. The molecule has 0 radical (unpaired) electrons. The molecular formula is C17H16BrNO4. The summed E-state index contributed by atoms with van der Waals surface area (Å²) in [5, 5.41) is 10.5. The number of rotatable bonds is 7. The van der Waals surface area contributed by atoms with Crippen molar-refractivity contribution >= 4 is 22.0 Å². The van der Waals surface area contributed by atoms with Crippen LogP contribution in [-0.2, 0) is 6.61 Å². The van der Waals surface area contributed by atoms with Crippen molar-refractivity contribution in [3.63, 3.8) is 0 Å². The van der Waals surface area contributed by atoms with Gasteiger partial charge in [0.05, 0.1) is 11.5 Å². The van der Waals surface area contributed by atoms with Crippen molar-refractivity contribution in [2.45, 2.75) is 13.5 Å². The predicted molar refractivity (Wildman–Crippen MR) is 92.1 cm³/mol. The quantitative estimate of drug-likeness (QED) is 0.519. The Bertz CT molecular complexity index is 701. The lowest BCUT2D eigenvalue weighted by Crippen LogP contribution is -2.00. The molecule has 0 aliphatic heterocycles. The summed E-state index contributed by atoms with van der Waals surface area (Å²) >= 11 is 3.40. The second-order valence-electron chi connectivity index (χ2n) is 4.63. The lowest BCUT2D eigenvalue weighted by Gasteiger charge is -2.14. The monoisotopic (exact) mass is 377 g/mol. The van der Waals surface area contributed by atoms with Gasteiger partial charge in [0.15, 0.2) is 11.5 Å². The second kappa shape index (κ2) is 8.33. The number of benzene rings is 2. The zero-order valence-electron chi connectivity index (χ0n) is 12.6. The minimum atomic E-state index is -0.507. The lowest BCUT2D eigenvalue weighted by molar-refractivity contribution is -0.400. The van der Waals surface area contributed by atoms with E-state index in [-0.39, 0.29) is 0 Å². The second-order valence-corrected chi connectivity index (χ2v) is 5.48. The van der Waals surface area contributed by atoms with Gasteiger partial charge in [-0.15, -0.1) is 0 Å². The van der Waals surface area contributed by atoms with Crippen molar-refractivity contribution < 1.29 is 14.4 Å². The highest BCUT2D eigenvalue weighted by atomic mass is 79.9. The smallest absolute Gasteiger partial charge is 0.235 e.